The van der Waals surface area contributed by atoms with Crippen molar-refractivity contribution in [1.82, 2.24) is 0 Å². The first-order valence-electron chi connectivity index (χ1n) is 7.85. The number of amidine groups is 1. The Hall–Kier alpha value is -2.35. The number of benzene rings is 2. The van der Waals surface area contributed by atoms with Crippen molar-refractivity contribution in [2.45, 2.75) is 17.4 Å². The number of amides is 2. The summed E-state index contributed by atoms with van der Waals surface area (Å²) in [6.45, 7) is 0.180. The van der Waals surface area contributed by atoms with Crippen LogP contribution in [-0.4, -0.2) is 27.3 Å². The summed E-state index contributed by atoms with van der Waals surface area (Å²) in [7, 11) is 0. The van der Waals surface area contributed by atoms with Gasteiger partial charge in [0.05, 0.1) is 12.2 Å². The third-order valence-electron chi connectivity index (χ3n) is 4.53. The second-order valence-corrected chi connectivity index (χ2v) is 7.58. The third kappa shape index (κ3) is 2.43. The molecule has 0 aliphatic carbocycles. The predicted molar refractivity (Wildman–Crippen MR) is 101 cm³/mol. The molecule has 0 spiro atoms. The number of nitrogens with two attached hydrogens (primary N) is 1. The van der Waals surface area contributed by atoms with E-state index in [2.05, 4.69) is 4.99 Å². The number of anilines is 1. The Kier molecular flexibility index (Phi) is 4.02. The van der Waals surface area contributed by atoms with Gasteiger partial charge in [0.15, 0.2) is 10.8 Å². The lowest BCUT2D eigenvalue weighted by molar-refractivity contribution is -0.140. The van der Waals surface area contributed by atoms with Gasteiger partial charge in [0.2, 0.25) is 0 Å². The Bertz CT molecular complexity index is 964. The zero-order chi connectivity index (χ0) is 18.5. The molecule has 8 heteroatoms. The summed E-state index contributed by atoms with van der Waals surface area (Å²) in [5.74, 6) is -1.20. The highest BCUT2D eigenvalue weighted by atomic mass is 35.5. The number of fused-ring (bicyclic) bond motifs is 1. The van der Waals surface area contributed by atoms with Gasteiger partial charge in [-0.2, -0.15) is 4.99 Å². The first-order valence-corrected chi connectivity index (χ1v) is 9.10. The zero-order valence-electron chi connectivity index (χ0n) is 13.4. The maximum Gasteiger partial charge on any atom is 0.265 e. The fraction of sp³-hybridized carbons (Fsp3) is 0.167. The minimum atomic E-state index is -2.02. The molecule has 6 nitrogen and oxygen atoms in total. The van der Waals surface area contributed by atoms with E-state index in [4.69, 9.17) is 17.3 Å². The number of carbonyl (C=O) groups excluding carboxylic acids is 2. The van der Waals surface area contributed by atoms with Crippen LogP contribution < -0.4 is 10.6 Å². The van der Waals surface area contributed by atoms with Gasteiger partial charge in [-0.25, -0.2) is 0 Å². The molecule has 0 fully saturated rings. The maximum absolute atomic E-state index is 13.2. The summed E-state index contributed by atoms with van der Waals surface area (Å²) in [6, 6.07) is 14.0. The van der Waals surface area contributed by atoms with Gasteiger partial charge in [0, 0.05) is 10.6 Å². The van der Waals surface area contributed by atoms with Gasteiger partial charge < -0.3 is 15.7 Å². The summed E-state index contributed by atoms with van der Waals surface area (Å²) >= 11 is 7.13. The van der Waals surface area contributed by atoms with E-state index in [1.165, 1.54) is 4.90 Å². The average molecular weight is 388 g/mol. The van der Waals surface area contributed by atoms with Crippen LogP contribution in [0.2, 0.25) is 5.02 Å². The number of nitrogens with zero attached hydrogens (tertiary/aromatic N) is 2. The SMILES string of the molecule is NC1=NC(=O)C(C2(O)C(=O)N(Cc3ccccc3Cl)c3ccccc32)S1. The van der Waals surface area contributed by atoms with Crippen molar-refractivity contribution in [2.75, 3.05) is 4.90 Å². The van der Waals surface area contributed by atoms with Crippen LogP contribution in [0, 0.1) is 0 Å². The zero-order valence-corrected chi connectivity index (χ0v) is 15.0. The first-order chi connectivity index (χ1) is 12.4. The molecule has 0 bridgehead atoms. The van der Waals surface area contributed by atoms with E-state index in [0.717, 1.165) is 17.3 Å². The number of rotatable bonds is 3. The smallest absolute Gasteiger partial charge is 0.265 e. The van der Waals surface area contributed by atoms with Crippen molar-refractivity contribution in [3.8, 4) is 0 Å². The lowest BCUT2D eigenvalue weighted by Crippen LogP contribution is -2.49. The number of aliphatic imine (C=N–C) groups is 1. The van der Waals surface area contributed by atoms with Gasteiger partial charge in [-0.15, -0.1) is 0 Å². The van der Waals surface area contributed by atoms with Gasteiger partial charge >= 0.3 is 0 Å². The molecule has 0 saturated carbocycles. The molecule has 2 aromatic rings. The monoisotopic (exact) mass is 387 g/mol. The van der Waals surface area contributed by atoms with Crippen LogP contribution in [0.3, 0.4) is 0 Å². The van der Waals surface area contributed by atoms with E-state index in [1.807, 2.05) is 12.1 Å². The summed E-state index contributed by atoms with van der Waals surface area (Å²) < 4.78 is 0. The highest BCUT2D eigenvalue weighted by molar-refractivity contribution is 8.15. The molecule has 0 saturated heterocycles. The van der Waals surface area contributed by atoms with Crippen LogP contribution in [0.1, 0.15) is 11.1 Å². The van der Waals surface area contributed by atoms with Crippen molar-refractivity contribution in [3.63, 3.8) is 0 Å². The van der Waals surface area contributed by atoms with Crippen LogP contribution in [0.15, 0.2) is 53.5 Å². The Morgan fingerprint density at radius 1 is 1.19 bits per heavy atom. The summed E-state index contributed by atoms with van der Waals surface area (Å²) in [5.41, 5.74) is 5.25. The van der Waals surface area contributed by atoms with Crippen LogP contribution in [0.25, 0.3) is 0 Å². The van der Waals surface area contributed by atoms with Crippen molar-refractivity contribution < 1.29 is 14.7 Å². The molecule has 2 atom stereocenters. The standard InChI is InChI=1S/C18H14ClN3O3S/c19-12-7-3-1-5-10(12)9-22-13-8-4-2-6-11(13)18(25,16(22)24)14-15(23)21-17(20)26-14/h1-8,14,25H,9H2,(H2,20,21,23). The normalized spacial score (nSPS) is 24.8. The van der Waals surface area contributed by atoms with Gasteiger partial charge in [0.25, 0.3) is 11.8 Å². The van der Waals surface area contributed by atoms with Crippen LogP contribution in [0.5, 0.6) is 0 Å². The second kappa shape index (κ2) is 6.12. The quantitative estimate of drug-likeness (QED) is 0.840. The molecule has 3 N–H and O–H groups in total. The van der Waals surface area contributed by atoms with Crippen molar-refractivity contribution in [3.05, 3.63) is 64.7 Å². The molecule has 26 heavy (non-hydrogen) atoms. The lowest BCUT2D eigenvalue weighted by atomic mass is 9.91. The van der Waals surface area contributed by atoms with E-state index in [9.17, 15) is 14.7 Å². The van der Waals surface area contributed by atoms with E-state index >= 15 is 0 Å². The largest absolute Gasteiger partial charge is 0.378 e. The average Bonchev–Trinajstić information content (AvgIpc) is 3.07. The molecular formula is C18H14ClN3O3S. The minimum Gasteiger partial charge on any atom is -0.378 e. The molecule has 2 aliphatic rings. The number of hydrogen-bond donors (Lipinski definition) is 2. The molecular weight excluding hydrogens is 374 g/mol. The number of aliphatic hydroxyl groups is 1. The number of hydrogen-bond acceptors (Lipinski definition) is 5. The van der Waals surface area contributed by atoms with Crippen molar-refractivity contribution >= 4 is 46.0 Å². The molecule has 132 valence electrons. The molecule has 0 aromatic heterocycles. The van der Waals surface area contributed by atoms with Crippen LogP contribution in [-0.2, 0) is 21.7 Å². The number of carbonyl (C=O) groups is 2. The van der Waals surface area contributed by atoms with E-state index in [0.29, 0.717) is 16.3 Å². The minimum absolute atomic E-state index is 0.0447. The highest BCUT2D eigenvalue weighted by Crippen LogP contribution is 2.48. The van der Waals surface area contributed by atoms with Gasteiger partial charge in [-0.05, 0) is 17.7 Å². The Labute approximate surface area is 158 Å². The van der Waals surface area contributed by atoms with Crippen LogP contribution in [0.4, 0.5) is 5.69 Å². The summed E-state index contributed by atoms with van der Waals surface area (Å²) in [4.78, 5) is 30.5. The Balaban J connectivity index is 1.78. The molecule has 2 amide bonds. The molecule has 2 aromatic carbocycles. The molecule has 2 unspecified atom stereocenters. The first kappa shape index (κ1) is 17.1. The molecule has 2 heterocycles. The van der Waals surface area contributed by atoms with Gasteiger partial charge in [0.1, 0.15) is 5.25 Å². The lowest BCUT2D eigenvalue weighted by Gasteiger charge is -2.26. The van der Waals surface area contributed by atoms with E-state index in [-0.39, 0.29) is 11.7 Å². The van der Waals surface area contributed by atoms with E-state index in [1.54, 1.807) is 36.4 Å². The molecule has 0 radical (unpaired) electrons. The summed E-state index contributed by atoms with van der Waals surface area (Å²) in [5, 5.41) is 10.8. The Morgan fingerprint density at radius 3 is 2.58 bits per heavy atom. The fourth-order valence-electron chi connectivity index (χ4n) is 3.30. The summed E-state index contributed by atoms with van der Waals surface area (Å²) in [6.07, 6.45) is 0. The van der Waals surface area contributed by atoms with E-state index < -0.39 is 22.7 Å². The topological polar surface area (TPSA) is 96.0 Å². The predicted octanol–water partition coefficient (Wildman–Crippen LogP) is 2.03. The molecule has 4 rings (SSSR count). The molecule has 2 aliphatic heterocycles. The van der Waals surface area contributed by atoms with Crippen molar-refractivity contribution in [1.29, 1.82) is 0 Å². The van der Waals surface area contributed by atoms with Crippen molar-refractivity contribution in [2.24, 2.45) is 10.7 Å². The Morgan fingerprint density at radius 2 is 1.88 bits per heavy atom. The maximum atomic E-state index is 13.2. The number of para-hydroxylation sites is 1. The number of thioether (sulfide) groups is 1. The fourth-order valence-corrected chi connectivity index (χ4v) is 4.43. The van der Waals surface area contributed by atoms with Gasteiger partial charge in [-0.3, -0.25) is 9.59 Å². The second-order valence-electron chi connectivity index (χ2n) is 6.05. The number of halogens is 1. The third-order valence-corrected chi connectivity index (χ3v) is 6.01. The highest BCUT2D eigenvalue weighted by Gasteiger charge is 2.59. The van der Waals surface area contributed by atoms with Gasteiger partial charge in [-0.1, -0.05) is 59.8 Å². The van der Waals surface area contributed by atoms with Crippen LogP contribution >= 0.6 is 23.4 Å².